The first-order valence-electron chi connectivity index (χ1n) is 7.98. The molecule has 2 amide bonds. The van der Waals surface area contributed by atoms with Gasteiger partial charge in [0.15, 0.2) is 0 Å². The van der Waals surface area contributed by atoms with E-state index in [9.17, 15) is 22.8 Å². The second kappa shape index (κ2) is 7.37. The van der Waals surface area contributed by atoms with Crippen LogP contribution in [-0.4, -0.2) is 47.3 Å². The maximum Gasteiger partial charge on any atom is 0.394 e. The van der Waals surface area contributed by atoms with Crippen molar-refractivity contribution in [1.82, 2.24) is 10.2 Å². The third-order valence-electron chi connectivity index (χ3n) is 4.33. The van der Waals surface area contributed by atoms with Gasteiger partial charge in [0.25, 0.3) is 0 Å². The van der Waals surface area contributed by atoms with Crippen LogP contribution in [0.3, 0.4) is 0 Å². The fraction of sp³-hybridized carbons (Fsp3) is 0.625. The molecule has 0 spiro atoms. The molecule has 3 atom stereocenters. The number of aliphatic carboxylic acids is 1. The number of carboxylic acids is 1. The van der Waals surface area contributed by atoms with E-state index >= 15 is 0 Å². The molecule has 1 aromatic rings. The summed E-state index contributed by atoms with van der Waals surface area (Å²) in [5, 5.41) is 11.6. The number of aryl methyl sites for hydroxylation is 2. The standard InChI is InChI=1S/C16H21F3N2O4/c1-9(3-5-11-6-4-10(2)25-11)20-15(24)21-7-12(14(22)23)13(8-21)16(17,18)19/h4,6,9,12-13H,3,5,7-8H2,1-2H3,(H,20,24)(H,22,23)/t9?,12-,13-/m1/s1. The van der Waals surface area contributed by atoms with E-state index in [2.05, 4.69) is 5.32 Å². The van der Waals surface area contributed by atoms with Crippen LogP contribution in [0.15, 0.2) is 16.5 Å². The summed E-state index contributed by atoms with van der Waals surface area (Å²) in [7, 11) is 0. The zero-order chi connectivity index (χ0) is 18.8. The zero-order valence-corrected chi connectivity index (χ0v) is 14.0. The van der Waals surface area contributed by atoms with Gasteiger partial charge in [0.05, 0.1) is 11.8 Å². The van der Waals surface area contributed by atoms with Gasteiger partial charge in [0.2, 0.25) is 0 Å². The Hall–Kier alpha value is -2.19. The molecule has 0 aromatic carbocycles. The lowest BCUT2D eigenvalue weighted by Crippen LogP contribution is -2.43. The summed E-state index contributed by atoms with van der Waals surface area (Å²) in [6, 6.07) is 2.69. The highest BCUT2D eigenvalue weighted by molar-refractivity contribution is 5.78. The van der Waals surface area contributed by atoms with Crippen LogP contribution in [0.1, 0.15) is 24.9 Å². The number of likely N-dealkylation sites (tertiary alicyclic amines) is 1. The number of halogens is 3. The number of carbonyl (C=O) groups excluding carboxylic acids is 1. The predicted octanol–water partition coefficient (Wildman–Crippen LogP) is 2.81. The van der Waals surface area contributed by atoms with Gasteiger partial charge < -0.3 is 19.7 Å². The largest absolute Gasteiger partial charge is 0.481 e. The average molecular weight is 362 g/mol. The molecule has 2 rings (SSSR count). The van der Waals surface area contributed by atoms with Crippen LogP contribution in [-0.2, 0) is 11.2 Å². The van der Waals surface area contributed by atoms with Crippen LogP contribution in [0.2, 0.25) is 0 Å². The predicted molar refractivity (Wildman–Crippen MR) is 82.0 cm³/mol. The smallest absolute Gasteiger partial charge is 0.394 e. The lowest BCUT2D eigenvalue weighted by molar-refractivity contribution is -0.187. The molecule has 1 unspecified atom stereocenters. The van der Waals surface area contributed by atoms with Crippen molar-refractivity contribution < 1.29 is 32.3 Å². The Morgan fingerprint density at radius 1 is 1.40 bits per heavy atom. The van der Waals surface area contributed by atoms with Crippen molar-refractivity contribution in [1.29, 1.82) is 0 Å². The van der Waals surface area contributed by atoms with Crippen molar-refractivity contribution in [2.75, 3.05) is 13.1 Å². The van der Waals surface area contributed by atoms with E-state index < -0.39 is 43.1 Å². The topological polar surface area (TPSA) is 82.8 Å². The molecule has 1 fully saturated rings. The van der Waals surface area contributed by atoms with E-state index in [0.29, 0.717) is 12.8 Å². The van der Waals surface area contributed by atoms with Crippen molar-refractivity contribution >= 4 is 12.0 Å². The molecule has 0 saturated carbocycles. The lowest BCUT2D eigenvalue weighted by atomic mass is 9.96. The minimum atomic E-state index is -4.65. The minimum absolute atomic E-state index is 0.286. The van der Waals surface area contributed by atoms with Gasteiger partial charge in [0.1, 0.15) is 11.5 Å². The first-order chi connectivity index (χ1) is 11.6. The quantitative estimate of drug-likeness (QED) is 0.844. The number of alkyl halides is 3. The maximum atomic E-state index is 12.9. The van der Waals surface area contributed by atoms with E-state index in [0.717, 1.165) is 16.4 Å². The molecule has 6 nitrogen and oxygen atoms in total. The number of furan rings is 1. The molecule has 0 bridgehead atoms. The van der Waals surface area contributed by atoms with E-state index in [1.165, 1.54) is 0 Å². The highest BCUT2D eigenvalue weighted by Gasteiger charge is 2.53. The molecule has 9 heteroatoms. The molecule has 140 valence electrons. The highest BCUT2D eigenvalue weighted by atomic mass is 19.4. The zero-order valence-electron chi connectivity index (χ0n) is 14.0. The average Bonchev–Trinajstić information content (AvgIpc) is 3.10. The highest BCUT2D eigenvalue weighted by Crippen LogP contribution is 2.37. The van der Waals surface area contributed by atoms with Gasteiger partial charge in [-0.15, -0.1) is 0 Å². The fourth-order valence-corrected chi connectivity index (χ4v) is 2.90. The Morgan fingerprint density at radius 3 is 2.56 bits per heavy atom. The van der Waals surface area contributed by atoms with Gasteiger partial charge in [0, 0.05) is 25.6 Å². The van der Waals surface area contributed by atoms with E-state index in [1.807, 2.05) is 19.1 Å². The summed E-state index contributed by atoms with van der Waals surface area (Å²) in [5.74, 6) is -3.67. The molecular weight excluding hydrogens is 341 g/mol. The van der Waals surface area contributed by atoms with Crippen molar-refractivity contribution in [2.45, 2.75) is 38.9 Å². The van der Waals surface area contributed by atoms with E-state index in [4.69, 9.17) is 9.52 Å². The summed E-state index contributed by atoms with van der Waals surface area (Å²) < 4.78 is 44.3. The lowest BCUT2D eigenvalue weighted by Gasteiger charge is -2.21. The summed E-state index contributed by atoms with van der Waals surface area (Å²) in [5.41, 5.74) is 0. The number of carboxylic acid groups (broad SMARTS) is 1. The number of hydrogen-bond acceptors (Lipinski definition) is 3. The monoisotopic (exact) mass is 362 g/mol. The molecule has 2 heterocycles. The number of nitrogens with one attached hydrogen (secondary N) is 1. The van der Waals surface area contributed by atoms with E-state index in [1.54, 1.807) is 6.92 Å². The molecule has 0 radical (unpaired) electrons. The minimum Gasteiger partial charge on any atom is -0.481 e. The molecule has 2 N–H and O–H groups in total. The van der Waals surface area contributed by atoms with Gasteiger partial charge in [-0.05, 0) is 32.4 Å². The van der Waals surface area contributed by atoms with Gasteiger partial charge in [-0.3, -0.25) is 4.79 Å². The molecule has 0 aliphatic carbocycles. The van der Waals surface area contributed by atoms with Crippen LogP contribution in [0, 0.1) is 18.8 Å². The second-order valence-electron chi connectivity index (χ2n) is 6.40. The van der Waals surface area contributed by atoms with E-state index in [-0.39, 0.29) is 6.04 Å². The van der Waals surface area contributed by atoms with Crippen molar-refractivity contribution in [3.8, 4) is 0 Å². The first kappa shape index (κ1) is 19.1. The van der Waals surface area contributed by atoms with Crippen LogP contribution in [0.5, 0.6) is 0 Å². The first-order valence-corrected chi connectivity index (χ1v) is 7.98. The fourth-order valence-electron chi connectivity index (χ4n) is 2.90. The van der Waals surface area contributed by atoms with Crippen molar-refractivity contribution in [2.24, 2.45) is 11.8 Å². The molecule has 25 heavy (non-hydrogen) atoms. The molecule has 1 saturated heterocycles. The third kappa shape index (κ3) is 4.90. The Balaban J connectivity index is 1.88. The Kier molecular flexibility index (Phi) is 5.64. The Labute approximate surface area is 143 Å². The van der Waals surface area contributed by atoms with Crippen LogP contribution in [0.4, 0.5) is 18.0 Å². The van der Waals surface area contributed by atoms with Crippen LogP contribution in [0.25, 0.3) is 0 Å². The number of hydrogen-bond donors (Lipinski definition) is 2. The molecule has 1 aliphatic rings. The summed E-state index contributed by atoms with van der Waals surface area (Å²) in [6.07, 6.45) is -3.52. The van der Waals surface area contributed by atoms with Crippen LogP contribution >= 0.6 is 0 Å². The van der Waals surface area contributed by atoms with Crippen LogP contribution < -0.4 is 5.32 Å². The molecule has 1 aliphatic heterocycles. The number of urea groups is 1. The number of amides is 2. The normalized spacial score (nSPS) is 22.0. The van der Waals surface area contributed by atoms with Gasteiger partial charge in [-0.25, -0.2) is 4.79 Å². The summed E-state index contributed by atoms with van der Waals surface area (Å²) in [6.45, 7) is 2.46. The molecular formula is C16H21F3N2O4. The number of nitrogens with zero attached hydrogens (tertiary/aromatic N) is 1. The van der Waals surface area contributed by atoms with Crippen molar-refractivity contribution in [3.05, 3.63) is 23.7 Å². The summed E-state index contributed by atoms with van der Waals surface area (Å²) in [4.78, 5) is 24.1. The molecule has 1 aromatic heterocycles. The number of rotatable bonds is 5. The Morgan fingerprint density at radius 2 is 2.08 bits per heavy atom. The SMILES string of the molecule is Cc1ccc(CCC(C)NC(=O)N2C[C@@H](C(F)(F)F)[C@H](C(=O)O)C2)o1. The third-order valence-corrected chi connectivity index (χ3v) is 4.33. The number of carbonyl (C=O) groups is 2. The summed E-state index contributed by atoms with van der Waals surface area (Å²) >= 11 is 0. The maximum absolute atomic E-state index is 12.9. The second-order valence-corrected chi connectivity index (χ2v) is 6.40. The van der Waals surface area contributed by atoms with Crippen molar-refractivity contribution in [3.63, 3.8) is 0 Å². The van der Waals surface area contributed by atoms with Gasteiger partial charge in [-0.1, -0.05) is 0 Å². The van der Waals surface area contributed by atoms with Gasteiger partial charge in [-0.2, -0.15) is 13.2 Å². The Bertz CT molecular complexity index is 629. The van der Waals surface area contributed by atoms with Gasteiger partial charge >= 0.3 is 18.2 Å².